The molecule has 21 heavy (non-hydrogen) atoms. The van der Waals surface area contributed by atoms with Crippen molar-refractivity contribution in [3.8, 4) is 11.4 Å². The van der Waals surface area contributed by atoms with E-state index in [0.717, 1.165) is 5.56 Å². The van der Waals surface area contributed by atoms with E-state index in [1.165, 1.54) is 6.92 Å². The van der Waals surface area contributed by atoms with E-state index in [4.69, 9.17) is 0 Å². The molecule has 0 saturated carbocycles. The molecule has 0 aliphatic carbocycles. The van der Waals surface area contributed by atoms with Gasteiger partial charge in [-0.1, -0.05) is 30.3 Å². The zero-order valence-electron chi connectivity index (χ0n) is 11.8. The molecule has 5 nitrogen and oxygen atoms in total. The van der Waals surface area contributed by atoms with E-state index >= 15 is 0 Å². The first-order valence-electron chi connectivity index (χ1n) is 6.98. The molecule has 110 valence electrons. The second-order valence-electron chi connectivity index (χ2n) is 5.36. The third-order valence-corrected chi connectivity index (χ3v) is 3.97. The molecule has 0 spiro atoms. The summed E-state index contributed by atoms with van der Waals surface area (Å²) in [6, 6.07) is 9.62. The van der Waals surface area contributed by atoms with Crippen molar-refractivity contribution in [2.45, 2.75) is 12.8 Å². The van der Waals surface area contributed by atoms with Crippen LogP contribution in [-0.2, 0) is 4.79 Å². The Morgan fingerprint density at radius 3 is 2.81 bits per heavy atom. The summed E-state index contributed by atoms with van der Waals surface area (Å²) in [5, 5.41) is 7.11. The fourth-order valence-corrected chi connectivity index (χ4v) is 2.75. The predicted octanol–water partition coefficient (Wildman–Crippen LogP) is 2.00. The van der Waals surface area contributed by atoms with Crippen LogP contribution in [-0.4, -0.2) is 45.8 Å². The Kier molecular flexibility index (Phi) is 3.68. The van der Waals surface area contributed by atoms with Crippen LogP contribution in [0.25, 0.3) is 11.4 Å². The number of benzene rings is 1. The number of carbonyl (C=O) groups excluding carboxylic acids is 1. The first kappa shape index (κ1) is 13.7. The lowest BCUT2D eigenvalue weighted by Crippen LogP contribution is -2.26. The molecule has 1 aromatic carbocycles. The first-order chi connectivity index (χ1) is 10.2. The number of halogens is 1. The highest BCUT2D eigenvalue weighted by atomic mass is 19.1. The van der Waals surface area contributed by atoms with Gasteiger partial charge in [-0.3, -0.25) is 14.3 Å². The lowest BCUT2D eigenvalue weighted by atomic mass is 9.97. The topological polar surface area (TPSA) is 61.9 Å². The van der Waals surface area contributed by atoms with Crippen molar-refractivity contribution in [3.05, 3.63) is 36.2 Å². The molecular weight excluding hydrogens is 271 g/mol. The molecule has 0 radical (unpaired) electrons. The van der Waals surface area contributed by atoms with Crippen LogP contribution in [0, 0.1) is 5.92 Å². The molecule has 1 fully saturated rings. The second-order valence-corrected chi connectivity index (χ2v) is 5.36. The fraction of sp³-hybridized carbons (Fsp3) is 0.400. The molecule has 1 aliphatic heterocycles. The van der Waals surface area contributed by atoms with Crippen LogP contribution in [0.4, 0.5) is 4.39 Å². The maximum absolute atomic E-state index is 13.2. The van der Waals surface area contributed by atoms with Crippen LogP contribution in [0.2, 0.25) is 0 Å². The Labute approximate surface area is 122 Å². The second kappa shape index (κ2) is 5.63. The highest BCUT2D eigenvalue weighted by Gasteiger charge is 2.37. The van der Waals surface area contributed by atoms with Gasteiger partial charge >= 0.3 is 0 Å². The van der Waals surface area contributed by atoms with E-state index in [2.05, 4.69) is 15.2 Å². The molecule has 1 N–H and O–H groups in total. The molecule has 1 aliphatic rings. The van der Waals surface area contributed by atoms with Crippen LogP contribution in [0.5, 0.6) is 0 Å². The third-order valence-electron chi connectivity index (χ3n) is 3.97. The van der Waals surface area contributed by atoms with Crippen molar-refractivity contribution in [3.63, 3.8) is 0 Å². The van der Waals surface area contributed by atoms with Crippen LogP contribution >= 0.6 is 0 Å². The minimum Gasteiger partial charge on any atom is -0.342 e. The number of aromatic nitrogens is 3. The highest BCUT2D eigenvalue weighted by Crippen LogP contribution is 2.31. The Bertz CT molecular complexity index is 628. The molecule has 1 amide bonds. The summed E-state index contributed by atoms with van der Waals surface area (Å²) in [4.78, 5) is 17.6. The minimum absolute atomic E-state index is 0.0289. The van der Waals surface area contributed by atoms with Crippen LogP contribution in [0.15, 0.2) is 30.3 Å². The number of hydrogen-bond acceptors (Lipinski definition) is 3. The van der Waals surface area contributed by atoms with E-state index in [1.54, 1.807) is 4.90 Å². The number of nitrogens with zero attached hydrogens (tertiary/aromatic N) is 3. The molecular formula is C15H17FN4O. The Morgan fingerprint density at radius 2 is 2.14 bits per heavy atom. The van der Waals surface area contributed by atoms with Gasteiger partial charge in [-0.25, -0.2) is 4.98 Å². The molecule has 0 unspecified atom stereocenters. The summed E-state index contributed by atoms with van der Waals surface area (Å²) < 4.78 is 13.2. The molecule has 3 rings (SSSR count). The number of carbonyl (C=O) groups is 1. The van der Waals surface area contributed by atoms with Gasteiger partial charge in [0, 0.05) is 37.4 Å². The monoisotopic (exact) mass is 288 g/mol. The first-order valence-corrected chi connectivity index (χ1v) is 6.98. The van der Waals surface area contributed by atoms with E-state index in [1.807, 2.05) is 30.3 Å². The predicted molar refractivity (Wildman–Crippen MR) is 76.3 cm³/mol. The fourth-order valence-electron chi connectivity index (χ4n) is 2.75. The van der Waals surface area contributed by atoms with Crippen molar-refractivity contribution in [1.82, 2.24) is 20.1 Å². The number of nitrogens with one attached hydrogen (secondary N) is 1. The average Bonchev–Trinajstić information content (AvgIpc) is 3.14. The van der Waals surface area contributed by atoms with E-state index in [9.17, 15) is 9.18 Å². The van der Waals surface area contributed by atoms with E-state index in [-0.39, 0.29) is 17.7 Å². The summed E-state index contributed by atoms with van der Waals surface area (Å²) in [6.45, 7) is 1.98. The number of hydrogen-bond donors (Lipinski definition) is 1. The van der Waals surface area contributed by atoms with Crippen molar-refractivity contribution in [2.75, 3.05) is 19.8 Å². The minimum atomic E-state index is -0.462. The van der Waals surface area contributed by atoms with Crippen molar-refractivity contribution in [2.24, 2.45) is 5.92 Å². The van der Waals surface area contributed by atoms with E-state index in [0.29, 0.717) is 24.7 Å². The van der Waals surface area contributed by atoms with Gasteiger partial charge in [0.15, 0.2) is 5.82 Å². The number of alkyl halides is 1. The normalized spacial score (nSPS) is 21.7. The van der Waals surface area contributed by atoms with Crippen LogP contribution in [0.3, 0.4) is 0 Å². The summed E-state index contributed by atoms with van der Waals surface area (Å²) in [5.74, 6) is 0.887. The molecule has 2 heterocycles. The van der Waals surface area contributed by atoms with Gasteiger partial charge in [-0.15, -0.1) is 0 Å². The van der Waals surface area contributed by atoms with Gasteiger partial charge in [0.2, 0.25) is 5.91 Å². The molecule has 1 aromatic heterocycles. The summed E-state index contributed by atoms with van der Waals surface area (Å²) in [7, 11) is 0. The zero-order valence-corrected chi connectivity index (χ0v) is 11.8. The molecule has 0 bridgehead atoms. The Hall–Kier alpha value is -2.24. The number of H-pyrrole nitrogens is 1. The van der Waals surface area contributed by atoms with Crippen molar-refractivity contribution < 1.29 is 9.18 Å². The highest BCUT2D eigenvalue weighted by molar-refractivity contribution is 5.73. The SMILES string of the molecule is CC(=O)N1C[C@@H](CF)[C@H](c2nc(-c3ccccc3)n[nH]2)C1. The van der Waals surface area contributed by atoms with Gasteiger partial charge in [0.05, 0.1) is 6.67 Å². The smallest absolute Gasteiger partial charge is 0.219 e. The molecule has 2 aromatic rings. The lowest BCUT2D eigenvalue weighted by Gasteiger charge is -2.12. The zero-order chi connectivity index (χ0) is 14.8. The number of aromatic amines is 1. The van der Waals surface area contributed by atoms with Gasteiger partial charge in [0.1, 0.15) is 5.82 Å². The Balaban J connectivity index is 1.84. The lowest BCUT2D eigenvalue weighted by molar-refractivity contribution is -0.127. The summed E-state index contributed by atoms with van der Waals surface area (Å²) in [5.41, 5.74) is 0.915. The van der Waals surface area contributed by atoms with Crippen molar-refractivity contribution >= 4 is 5.91 Å². The molecule has 2 atom stereocenters. The van der Waals surface area contributed by atoms with E-state index < -0.39 is 6.67 Å². The maximum Gasteiger partial charge on any atom is 0.219 e. The number of amides is 1. The van der Waals surface area contributed by atoms with Gasteiger partial charge in [0.25, 0.3) is 0 Å². The maximum atomic E-state index is 13.2. The summed E-state index contributed by atoms with van der Waals surface area (Å²) in [6.07, 6.45) is 0. The van der Waals surface area contributed by atoms with Gasteiger partial charge in [-0.2, -0.15) is 5.10 Å². The standard InChI is InChI=1S/C15H17FN4O/c1-10(21)20-8-12(7-16)13(9-20)15-17-14(18-19-15)11-5-3-2-4-6-11/h2-6,12-13H,7-9H2,1H3,(H,17,18,19)/t12-,13-/m1/s1. The largest absolute Gasteiger partial charge is 0.342 e. The van der Waals surface area contributed by atoms with Gasteiger partial charge in [-0.05, 0) is 0 Å². The number of rotatable bonds is 3. The Morgan fingerprint density at radius 1 is 1.38 bits per heavy atom. The molecule has 1 saturated heterocycles. The average molecular weight is 288 g/mol. The van der Waals surface area contributed by atoms with Crippen LogP contribution < -0.4 is 0 Å². The quantitative estimate of drug-likeness (QED) is 0.939. The van der Waals surface area contributed by atoms with Crippen molar-refractivity contribution in [1.29, 1.82) is 0 Å². The number of likely N-dealkylation sites (tertiary alicyclic amines) is 1. The third kappa shape index (κ3) is 2.66. The van der Waals surface area contributed by atoms with Crippen LogP contribution in [0.1, 0.15) is 18.7 Å². The molecule has 6 heteroatoms. The summed E-state index contributed by atoms with van der Waals surface area (Å²) >= 11 is 0. The van der Waals surface area contributed by atoms with Gasteiger partial charge < -0.3 is 4.90 Å².